The second-order valence-electron chi connectivity index (χ2n) is 4.19. The summed E-state index contributed by atoms with van der Waals surface area (Å²) in [7, 11) is 0. The molecule has 0 aromatic heterocycles. The van der Waals surface area contributed by atoms with Crippen LogP contribution in [0.15, 0.2) is 30.5 Å². The predicted octanol–water partition coefficient (Wildman–Crippen LogP) is 1.15. The van der Waals surface area contributed by atoms with E-state index in [0.29, 0.717) is 10.6 Å². The van der Waals surface area contributed by atoms with Gasteiger partial charge in [0, 0.05) is 18.9 Å². The largest absolute Gasteiger partial charge is 0.363 e. The van der Waals surface area contributed by atoms with Crippen LogP contribution in [0.3, 0.4) is 0 Å². The number of hydroxylamine groups is 2. The number of carbonyl (C=O) groups is 3. The number of imide groups is 1. The van der Waals surface area contributed by atoms with Crippen molar-refractivity contribution in [1.29, 1.82) is 0 Å². The Morgan fingerprint density at radius 1 is 1.29 bits per heavy atom. The van der Waals surface area contributed by atoms with E-state index in [4.69, 9.17) is 4.84 Å². The van der Waals surface area contributed by atoms with E-state index in [1.165, 1.54) is 24.3 Å². The number of amides is 2. The van der Waals surface area contributed by atoms with E-state index >= 15 is 0 Å². The highest BCUT2D eigenvalue weighted by atomic mass is 16.7. The topological polar surface area (TPSA) is 107 Å². The maximum Gasteiger partial charge on any atom is 0.363 e. The molecular weight excluding hydrogens is 280 g/mol. The van der Waals surface area contributed by atoms with Crippen LogP contribution in [-0.4, -0.2) is 27.8 Å². The fourth-order valence-corrected chi connectivity index (χ4v) is 1.71. The zero-order valence-electron chi connectivity index (χ0n) is 10.7. The van der Waals surface area contributed by atoms with E-state index < -0.39 is 22.7 Å². The van der Waals surface area contributed by atoms with Gasteiger partial charge >= 0.3 is 5.97 Å². The van der Waals surface area contributed by atoms with Gasteiger partial charge in [0.2, 0.25) is 6.20 Å². The lowest BCUT2D eigenvalue weighted by atomic mass is 10.1. The quantitative estimate of drug-likeness (QED) is 0.468. The normalized spacial score (nSPS) is 14.8. The van der Waals surface area contributed by atoms with Crippen LogP contribution in [0.5, 0.6) is 0 Å². The Labute approximate surface area is 118 Å². The monoisotopic (exact) mass is 290 g/mol. The molecule has 0 N–H and O–H groups in total. The molecule has 1 aliphatic rings. The number of carbonyl (C=O) groups excluding carboxylic acids is 3. The molecule has 1 saturated heterocycles. The van der Waals surface area contributed by atoms with E-state index in [1.807, 2.05) is 0 Å². The lowest BCUT2D eigenvalue weighted by molar-refractivity contribution is -0.400. The van der Waals surface area contributed by atoms with Gasteiger partial charge in [-0.1, -0.05) is 12.1 Å². The molecule has 1 fully saturated rings. The molecule has 108 valence electrons. The molecule has 0 unspecified atom stereocenters. The number of nitrogens with zero attached hydrogens (tertiary/aromatic N) is 2. The SMILES string of the molecule is O=C(ON1C(=O)CCC1=O)c1cccc(/C=C/[N+](=O)[O-])c1. The number of rotatable bonds is 4. The third kappa shape index (κ3) is 3.50. The Kier molecular flexibility index (Phi) is 4.07. The number of benzene rings is 1. The minimum Gasteiger partial charge on any atom is -0.325 e. The van der Waals surface area contributed by atoms with Gasteiger partial charge in [-0.05, 0) is 17.7 Å². The molecule has 2 amide bonds. The molecule has 8 heteroatoms. The van der Waals surface area contributed by atoms with Crippen LogP contribution < -0.4 is 0 Å². The average Bonchev–Trinajstić information content (AvgIpc) is 2.77. The van der Waals surface area contributed by atoms with Crippen LogP contribution in [0.25, 0.3) is 6.08 Å². The zero-order valence-corrected chi connectivity index (χ0v) is 10.7. The Morgan fingerprint density at radius 2 is 1.95 bits per heavy atom. The Balaban J connectivity index is 2.12. The third-order valence-electron chi connectivity index (χ3n) is 2.69. The average molecular weight is 290 g/mol. The highest BCUT2D eigenvalue weighted by Crippen LogP contribution is 2.15. The van der Waals surface area contributed by atoms with Crippen LogP contribution in [0, 0.1) is 10.1 Å². The van der Waals surface area contributed by atoms with Crippen molar-refractivity contribution in [3.05, 3.63) is 51.7 Å². The van der Waals surface area contributed by atoms with Gasteiger partial charge in [-0.3, -0.25) is 19.7 Å². The van der Waals surface area contributed by atoms with Crippen molar-refractivity contribution >= 4 is 23.9 Å². The summed E-state index contributed by atoms with van der Waals surface area (Å²) in [6.45, 7) is 0. The van der Waals surface area contributed by atoms with Gasteiger partial charge in [-0.2, -0.15) is 0 Å². The molecule has 2 rings (SSSR count). The van der Waals surface area contributed by atoms with Crippen LogP contribution in [0.4, 0.5) is 0 Å². The van der Waals surface area contributed by atoms with Crippen molar-refractivity contribution in [3.63, 3.8) is 0 Å². The molecule has 1 aliphatic heterocycles. The maximum absolute atomic E-state index is 11.9. The second kappa shape index (κ2) is 5.95. The van der Waals surface area contributed by atoms with Crippen molar-refractivity contribution in [3.8, 4) is 0 Å². The minimum atomic E-state index is -0.880. The minimum absolute atomic E-state index is 0.0116. The summed E-state index contributed by atoms with van der Waals surface area (Å²) in [5, 5.41) is 10.7. The predicted molar refractivity (Wildman–Crippen MR) is 69.0 cm³/mol. The summed E-state index contributed by atoms with van der Waals surface area (Å²) < 4.78 is 0. The summed E-state index contributed by atoms with van der Waals surface area (Å²) >= 11 is 0. The number of nitro groups is 1. The molecule has 21 heavy (non-hydrogen) atoms. The summed E-state index contributed by atoms with van der Waals surface area (Å²) in [6.07, 6.45) is 1.97. The first-order chi connectivity index (χ1) is 9.97. The Hall–Kier alpha value is -3.03. The van der Waals surface area contributed by atoms with E-state index in [2.05, 4.69) is 0 Å². The molecule has 8 nitrogen and oxygen atoms in total. The van der Waals surface area contributed by atoms with Crippen LogP contribution in [0.2, 0.25) is 0 Å². The molecule has 1 aromatic rings. The standard InChI is InChI=1S/C13H10N2O6/c16-11-4-5-12(17)15(11)21-13(18)10-3-1-2-9(8-10)6-7-14(19)20/h1-3,6-8H,4-5H2/b7-6+. The van der Waals surface area contributed by atoms with Gasteiger partial charge in [0.1, 0.15) is 0 Å². The first-order valence-corrected chi connectivity index (χ1v) is 5.97. The lowest BCUT2D eigenvalue weighted by Gasteiger charge is -2.12. The Bertz CT molecular complexity index is 636. The molecule has 1 aromatic carbocycles. The van der Waals surface area contributed by atoms with E-state index in [9.17, 15) is 24.5 Å². The maximum atomic E-state index is 11.9. The fourth-order valence-electron chi connectivity index (χ4n) is 1.71. The van der Waals surface area contributed by atoms with Crippen molar-refractivity contribution in [2.75, 3.05) is 0 Å². The fraction of sp³-hybridized carbons (Fsp3) is 0.154. The van der Waals surface area contributed by atoms with Crippen molar-refractivity contribution in [2.24, 2.45) is 0 Å². The van der Waals surface area contributed by atoms with Crippen LogP contribution in [-0.2, 0) is 14.4 Å². The van der Waals surface area contributed by atoms with Gasteiger partial charge < -0.3 is 4.84 Å². The molecule has 0 bridgehead atoms. The summed E-state index contributed by atoms with van der Waals surface area (Å²) in [6, 6.07) is 5.83. The molecule has 0 atom stereocenters. The van der Waals surface area contributed by atoms with Crippen molar-refractivity contribution < 1.29 is 24.1 Å². The summed E-state index contributed by atoms with van der Waals surface area (Å²) in [4.78, 5) is 48.9. The van der Waals surface area contributed by atoms with Gasteiger partial charge in [-0.25, -0.2) is 4.79 Å². The van der Waals surface area contributed by atoms with Gasteiger partial charge in [0.25, 0.3) is 11.8 Å². The number of hydrogen-bond acceptors (Lipinski definition) is 6. The molecule has 0 aliphatic carbocycles. The smallest absolute Gasteiger partial charge is 0.325 e. The van der Waals surface area contributed by atoms with Gasteiger partial charge in [0.05, 0.1) is 10.5 Å². The molecule has 1 heterocycles. The molecule has 0 spiro atoms. The van der Waals surface area contributed by atoms with E-state index in [1.54, 1.807) is 6.07 Å². The summed E-state index contributed by atoms with van der Waals surface area (Å²) in [5.41, 5.74) is 0.494. The highest BCUT2D eigenvalue weighted by molar-refractivity contribution is 6.02. The first kappa shape index (κ1) is 14.4. The van der Waals surface area contributed by atoms with Crippen LogP contribution >= 0.6 is 0 Å². The highest BCUT2D eigenvalue weighted by Gasteiger charge is 2.33. The first-order valence-electron chi connectivity index (χ1n) is 5.97. The summed E-state index contributed by atoms with van der Waals surface area (Å²) in [5.74, 6) is -2.02. The number of hydrogen-bond donors (Lipinski definition) is 0. The van der Waals surface area contributed by atoms with Crippen LogP contribution in [0.1, 0.15) is 28.8 Å². The molecule has 0 radical (unpaired) electrons. The van der Waals surface area contributed by atoms with Crippen molar-refractivity contribution in [1.82, 2.24) is 5.06 Å². The third-order valence-corrected chi connectivity index (χ3v) is 2.69. The molecular formula is C13H10N2O6. The van der Waals surface area contributed by atoms with Gasteiger partial charge in [-0.15, -0.1) is 5.06 Å². The molecule has 0 saturated carbocycles. The second-order valence-corrected chi connectivity index (χ2v) is 4.19. The zero-order chi connectivity index (χ0) is 15.4. The van der Waals surface area contributed by atoms with Gasteiger partial charge in [0.15, 0.2) is 0 Å². The Morgan fingerprint density at radius 3 is 2.57 bits per heavy atom. The van der Waals surface area contributed by atoms with E-state index in [-0.39, 0.29) is 18.4 Å². The lowest BCUT2D eigenvalue weighted by Crippen LogP contribution is -2.32. The van der Waals surface area contributed by atoms with Crippen molar-refractivity contribution in [2.45, 2.75) is 12.8 Å². The van der Waals surface area contributed by atoms with E-state index in [0.717, 1.165) is 6.20 Å².